The smallest absolute Gasteiger partial charge is 0.392 e. The van der Waals surface area contributed by atoms with E-state index in [1.807, 2.05) is 0 Å². The van der Waals surface area contributed by atoms with E-state index in [1.54, 1.807) is 0 Å². The Bertz CT molecular complexity index is 364. The largest absolute Gasteiger partial charge is 0.469 e. The fourth-order valence-electron chi connectivity index (χ4n) is 1.61. The fraction of sp³-hybridized carbons (Fsp3) is 0.444. The number of hydrogen-bond donors (Lipinski definition) is 0. The summed E-state index contributed by atoms with van der Waals surface area (Å²) in [6.45, 7) is 0. The molecule has 5 heteroatoms. The second-order valence-corrected chi connectivity index (χ2v) is 3.33. The zero-order chi connectivity index (χ0) is 10.3. The van der Waals surface area contributed by atoms with Crippen LogP contribution in [0.15, 0.2) is 16.7 Å². The van der Waals surface area contributed by atoms with Crippen molar-refractivity contribution in [3.8, 4) is 0 Å². The summed E-state index contributed by atoms with van der Waals surface area (Å²) >= 11 is 0. The summed E-state index contributed by atoms with van der Waals surface area (Å²) in [5, 5.41) is 0. The van der Waals surface area contributed by atoms with Gasteiger partial charge in [-0.3, -0.25) is 4.79 Å². The number of carbonyl (C=O) groups excluding carboxylic acids is 1. The van der Waals surface area contributed by atoms with Gasteiger partial charge in [-0.1, -0.05) is 0 Å². The van der Waals surface area contributed by atoms with Gasteiger partial charge in [-0.05, 0) is 6.07 Å². The number of Topliss-reactive ketones (excluding diaryl/α,β-unsaturated/α-hetero) is 1. The second-order valence-electron chi connectivity index (χ2n) is 3.33. The predicted octanol–water partition coefficient (Wildman–Crippen LogP) is 2.59. The molecule has 1 aromatic rings. The van der Waals surface area contributed by atoms with Crippen LogP contribution in [0.3, 0.4) is 0 Å². The van der Waals surface area contributed by atoms with Crippen LogP contribution in [0.5, 0.6) is 0 Å². The Balaban J connectivity index is 2.30. The highest BCUT2D eigenvalue weighted by Gasteiger charge is 2.44. The molecule has 0 saturated carbocycles. The Hall–Kier alpha value is -1.26. The third-order valence-electron chi connectivity index (χ3n) is 2.37. The summed E-state index contributed by atoms with van der Waals surface area (Å²) in [6.07, 6.45) is -3.75. The minimum absolute atomic E-state index is 0.156. The highest BCUT2D eigenvalue weighted by Crippen LogP contribution is 2.37. The fourth-order valence-corrected chi connectivity index (χ4v) is 1.61. The number of rotatable bonds is 0. The third kappa shape index (κ3) is 1.42. The van der Waals surface area contributed by atoms with Gasteiger partial charge in [0.25, 0.3) is 0 Å². The van der Waals surface area contributed by atoms with E-state index in [0.29, 0.717) is 5.56 Å². The monoisotopic (exact) mass is 204 g/mol. The lowest BCUT2D eigenvalue weighted by Crippen LogP contribution is -2.31. The van der Waals surface area contributed by atoms with Crippen LogP contribution in [0, 0.1) is 5.92 Å². The first kappa shape index (κ1) is 9.30. The van der Waals surface area contributed by atoms with Gasteiger partial charge in [-0.2, -0.15) is 13.2 Å². The predicted molar refractivity (Wildman–Crippen MR) is 40.9 cm³/mol. The molecule has 0 aromatic carbocycles. The molecule has 0 spiro atoms. The lowest BCUT2D eigenvalue weighted by Gasteiger charge is -2.22. The minimum atomic E-state index is -4.32. The average Bonchev–Trinajstić information content (AvgIpc) is 2.50. The Morgan fingerprint density at radius 1 is 1.36 bits per heavy atom. The number of alkyl halides is 3. The van der Waals surface area contributed by atoms with Crippen LogP contribution in [0.1, 0.15) is 22.5 Å². The van der Waals surface area contributed by atoms with E-state index in [1.165, 1.54) is 12.3 Å². The van der Waals surface area contributed by atoms with Crippen molar-refractivity contribution in [3.63, 3.8) is 0 Å². The molecule has 1 atom stereocenters. The molecule has 0 unspecified atom stereocenters. The van der Waals surface area contributed by atoms with E-state index in [-0.39, 0.29) is 12.2 Å². The number of hydrogen-bond acceptors (Lipinski definition) is 2. The van der Waals surface area contributed by atoms with E-state index in [4.69, 9.17) is 4.42 Å². The summed E-state index contributed by atoms with van der Waals surface area (Å²) in [6, 6.07) is 1.42. The Morgan fingerprint density at radius 3 is 2.71 bits per heavy atom. The summed E-state index contributed by atoms with van der Waals surface area (Å²) in [4.78, 5) is 11.2. The summed E-state index contributed by atoms with van der Waals surface area (Å²) in [5.41, 5.74) is 0.297. The second kappa shape index (κ2) is 2.87. The molecular weight excluding hydrogens is 197 g/mol. The van der Waals surface area contributed by atoms with Gasteiger partial charge in [-0.15, -0.1) is 0 Å². The van der Waals surface area contributed by atoms with Crippen molar-refractivity contribution in [1.82, 2.24) is 0 Å². The first-order valence-electron chi connectivity index (χ1n) is 4.15. The van der Waals surface area contributed by atoms with E-state index in [0.717, 1.165) is 0 Å². The van der Waals surface area contributed by atoms with Crippen LogP contribution in [-0.2, 0) is 6.42 Å². The van der Waals surface area contributed by atoms with Crippen molar-refractivity contribution in [1.29, 1.82) is 0 Å². The molecule has 0 radical (unpaired) electrons. The van der Waals surface area contributed by atoms with Crippen molar-refractivity contribution < 1.29 is 22.4 Å². The number of halogens is 3. The first-order valence-corrected chi connectivity index (χ1v) is 4.15. The van der Waals surface area contributed by atoms with Crippen molar-refractivity contribution in [3.05, 3.63) is 23.7 Å². The van der Waals surface area contributed by atoms with E-state index >= 15 is 0 Å². The topological polar surface area (TPSA) is 30.2 Å². The van der Waals surface area contributed by atoms with Crippen molar-refractivity contribution in [2.75, 3.05) is 0 Å². The van der Waals surface area contributed by atoms with Gasteiger partial charge in [0.2, 0.25) is 0 Å². The lowest BCUT2D eigenvalue weighted by atomic mass is 9.87. The van der Waals surface area contributed by atoms with Crippen molar-refractivity contribution in [2.45, 2.75) is 19.0 Å². The minimum Gasteiger partial charge on any atom is -0.469 e. The van der Waals surface area contributed by atoms with Crippen molar-refractivity contribution in [2.24, 2.45) is 5.92 Å². The zero-order valence-electron chi connectivity index (χ0n) is 7.10. The highest BCUT2D eigenvalue weighted by molar-refractivity contribution is 5.98. The first-order chi connectivity index (χ1) is 6.48. The molecule has 1 aromatic heterocycles. The van der Waals surface area contributed by atoms with Crippen LogP contribution in [-0.4, -0.2) is 12.0 Å². The van der Waals surface area contributed by atoms with Gasteiger partial charge in [0.15, 0.2) is 5.78 Å². The molecule has 14 heavy (non-hydrogen) atoms. The number of fused-ring (bicyclic) bond motifs is 1. The Kier molecular flexibility index (Phi) is 1.90. The zero-order valence-corrected chi connectivity index (χ0v) is 7.10. The van der Waals surface area contributed by atoms with Crippen LogP contribution in [0.4, 0.5) is 13.2 Å². The molecule has 1 aliphatic rings. The van der Waals surface area contributed by atoms with E-state index in [9.17, 15) is 18.0 Å². The molecule has 2 nitrogen and oxygen atoms in total. The molecule has 1 aliphatic carbocycles. The van der Waals surface area contributed by atoms with Gasteiger partial charge >= 0.3 is 6.18 Å². The Morgan fingerprint density at radius 2 is 2.07 bits per heavy atom. The molecule has 0 saturated heterocycles. The molecule has 1 heterocycles. The van der Waals surface area contributed by atoms with Gasteiger partial charge in [0.05, 0.1) is 17.7 Å². The summed E-state index contributed by atoms with van der Waals surface area (Å²) in [5.74, 6) is -1.92. The summed E-state index contributed by atoms with van der Waals surface area (Å²) < 4.78 is 41.8. The molecule has 0 N–H and O–H groups in total. The maximum absolute atomic E-state index is 12.3. The number of carbonyl (C=O) groups is 1. The Labute approximate surface area is 77.7 Å². The lowest BCUT2D eigenvalue weighted by molar-refractivity contribution is -0.174. The van der Waals surface area contributed by atoms with Crippen LogP contribution in [0.25, 0.3) is 0 Å². The SMILES string of the molecule is O=C1C[C@H](C(F)(F)F)Cc2occc21. The highest BCUT2D eigenvalue weighted by atomic mass is 19.4. The van der Waals surface area contributed by atoms with Crippen LogP contribution in [0.2, 0.25) is 0 Å². The maximum atomic E-state index is 12.3. The standard InChI is InChI=1S/C9H7F3O2/c10-9(11,12)5-3-7(13)6-1-2-14-8(6)4-5/h1-2,5H,3-4H2/t5-/m0/s1. The van der Waals surface area contributed by atoms with Gasteiger partial charge in [0.1, 0.15) is 5.76 Å². The van der Waals surface area contributed by atoms with Crippen LogP contribution < -0.4 is 0 Å². The van der Waals surface area contributed by atoms with E-state index in [2.05, 4.69) is 0 Å². The molecule has 0 fully saturated rings. The molecule has 0 aliphatic heterocycles. The molecule has 0 bridgehead atoms. The number of ketones is 1. The molecule has 0 amide bonds. The molecule has 2 rings (SSSR count). The molecule has 76 valence electrons. The van der Waals surface area contributed by atoms with E-state index < -0.39 is 24.3 Å². The quantitative estimate of drug-likeness (QED) is 0.650. The maximum Gasteiger partial charge on any atom is 0.392 e. The van der Waals surface area contributed by atoms with Gasteiger partial charge in [0, 0.05) is 12.8 Å². The number of furan rings is 1. The molecular formula is C9H7F3O2. The normalized spacial score (nSPS) is 22.2. The third-order valence-corrected chi connectivity index (χ3v) is 2.37. The van der Waals surface area contributed by atoms with Crippen LogP contribution >= 0.6 is 0 Å². The van der Waals surface area contributed by atoms with Gasteiger partial charge in [-0.25, -0.2) is 0 Å². The average molecular weight is 204 g/mol. The van der Waals surface area contributed by atoms with Crippen molar-refractivity contribution >= 4 is 5.78 Å². The summed E-state index contributed by atoms with van der Waals surface area (Å²) in [7, 11) is 0. The van der Waals surface area contributed by atoms with Gasteiger partial charge < -0.3 is 4.42 Å².